The monoisotopic (exact) mass is 590 g/mol. The Balaban J connectivity index is 1.43. The number of ether oxygens (including phenoxy) is 2. The molecule has 8 rings (SSSR count). The number of esters is 2. The summed E-state index contributed by atoms with van der Waals surface area (Å²) in [6, 6.07) is 12.7. The molecule has 2 aromatic heterocycles. The van der Waals surface area contributed by atoms with Gasteiger partial charge in [0.25, 0.3) is 0 Å². The zero-order valence-corrected chi connectivity index (χ0v) is 25.7. The van der Waals surface area contributed by atoms with Crippen LogP contribution >= 0.6 is 0 Å². The van der Waals surface area contributed by atoms with E-state index in [0.717, 1.165) is 46.1 Å². The Bertz CT molecular complexity index is 1780. The quantitative estimate of drug-likeness (QED) is 0.320. The molecule has 0 radical (unpaired) electrons. The van der Waals surface area contributed by atoms with Crippen molar-refractivity contribution in [2.24, 2.45) is 10.8 Å². The molecule has 4 heterocycles. The Hall–Kier alpha value is -4.14. The maximum Gasteiger partial charge on any atom is 0.318 e. The lowest BCUT2D eigenvalue weighted by molar-refractivity contribution is -0.176. The van der Waals surface area contributed by atoms with Crippen LogP contribution in [0.2, 0.25) is 0 Å². The van der Waals surface area contributed by atoms with Gasteiger partial charge in [0, 0.05) is 59.4 Å². The van der Waals surface area contributed by atoms with Crippen molar-refractivity contribution in [1.29, 1.82) is 0 Å². The molecule has 0 bridgehead atoms. The molecule has 226 valence electrons. The lowest BCUT2D eigenvalue weighted by Gasteiger charge is -2.54. The normalized spacial score (nSPS) is 27.8. The van der Waals surface area contributed by atoms with Crippen LogP contribution in [-0.2, 0) is 31.9 Å². The SMILES string of the molecule is CCOC(=O)[C@]1([C@]2(C(=O)OCC)C=C3c4cccc5[nH]cc(c45)C[C@H]3N(C)C2)C=C2c3cccc4[nH]cc(c34)C[C@H]2N(C)C1. The predicted octanol–water partition coefficient (Wildman–Crippen LogP) is 4.96. The molecule has 2 aliphatic carbocycles. The minimum atomic E-state index is -1.33. The first-order chi connectivity index (χ1) is 21.3. The molecule has 4 atom stereocenters. The fraction of sp³-hybridized carbons (Fsp3) is 0.389. The van der Waals surface area contributed by atoms with Crippen LogP contribution in [0.3, 0.4) is 0 Å². The molecule has 0 unspecified atom stereocenters. The second-order valence-corrected chi connectivity index (χ2v) is 12.9. The zero-order valence-electron chi connectivity index (χ0n) is 25.7. The van der Waals surface area contributed by atoms with E-state index >= 15 is 0 Å². The molecule has 44 heavy (non-hydrogen) atoms. The molecule has 2 N–H and O–H groups in total. The summed E-state index contributed by atoms with van der Waals surface area (Å²) in [4.78, 5) is 40.7. The number of aromatic nitrogens is 2. The van der Waals surface area contributed by atoms with E-state index in [0.29, 0.717) is 13.1 Å². The number of likely N-dealkylation sites (N-methyl/N-ethyl adjacent to an activating group) is 2. The van der Waals surface area contributed by atoms with Gasteiger partial charge >= 0.3 is 11.9 Å². The van der Waals surface area contributed by atoms with Gasteiger partial charge in [0.2, 0.25) is 0 Å². The molecule has 8 heteroatoms. The van der Waals surface area contributed by atoms with E-state index < -0.39 is 22.8 Å². The van der Waals surface area contributed by atoms with E-state index in [2.05, 4.69) is 94.8 Å². The van der Waals surface area contributed by atoms with Gasteiger partial charge in [-0.25, -0.2) is 0 Å². The molecule has 0 saturated heterocycles. The van der Waals surface area contributed by atoms with Crippen LogP contribution in [-0.4, -0.2) is 84.2 Å². The van der Waals surface area contributed by atoms with E-state index in [1.54, 1.807) is 0 Å². The number of benzene rings is 2. The smallest absolute Gasteiger partial charge is 0.318 e. The van der Waals surface area contributed by atoms with Crippen molar-refractivity contribution < 1.29 is 19.1 Å². The van der Waals surface area contributed by atoms with Gasteiger partial charge < -0.3 is 19.4 Å². The number of carbonyl (C=O) groups excluding carboxylic acids is 2. The summed E-state index contributed by atoms with van der Waals surface area (Å²) >= 11 is 0. The van der Waals surface area contributed by atoms with Crippen molar-refractivity contribution in [1.82, 2.24) is 19.8 Å². The number of hydrogen-bond acceptors (Lipinski definition) is 6. The minimum Gasteiger partial charge on any atom is -0.465 e. The van der Waals surface area contributed by atoms with Crippen molar-refractivity contribution in [2.45, 2.75) is 38.8 Å². The Kier molecular flexibility index (Phi) is 6.03. The van der Waals surface area contributed by atoms with E-state index in [1.807, 2.05) is 13.8 Å². The van der Waals surface area contributed by atoms with Gasteiger partial charge in [-0.15, -0.1) is 0 Å². The lowest BCUT2D eigenvalue weighted by atomic mass is 9.56. The second kappa shape index (κ2) is 9.68. The lowest BCUT2D eigenvalue weighted by Crippen LogP contribution is -2.65. The number of aromatic amines is 2. The summed E-state index contributed by atoms with van der Waals surface area (Å²) < 4.78 is 11.9. The van der Waals surface area contributed by atoms with Crippen LogP contribution < -0.4 is 0 Å². The van der Waals surface area contributed by atoms with Crippen molar-refractivity contribution >= 4 is 44.9 Å². The van der Waals surface area contributed by atoms with Gasteiger partial charge in [-0.1, -0.05) is 36.4 Å². The number of nitrogens with zero attached hydrogens (tertiary/aromatic N) is 2. The van der Waals surface area contributed by atoms with Crippen molar-refractivity contribution in [3.05, 3.63) is 83.2 Å². The number of carbonyl (C=O) groups is 2. The fourth-order valence-corrected chi connectivity index (χ4v) is 8.74. The summed E-state index contributed by atoms with van der Waals surface area (Å²) in [5.74, 6) is -0.782. The molecule has 0 spiro atoms. The van der Waals surface area contributed by atoms with E-state index in [4.69, 9.17) is 9.47 Å². The molecule has 8 nitrogen and oxygen atoms in total. The Morgan fingerprint density at radius 2 is 1.18 bits per heavy atom. The number of nitrogens with one attached hydrogen (secondary N) is 2. The van der Waals surface area contributed by atoms with E-state index in [9.17, 15) is 9.59 Å². The summed E-state index contributed by atoms with van der Waals surface area (Å²) in [5.41, 5.74) is 6.37. The number of H-pyrrole nitrogens is 2. The summed E-state index contributed by atoms with van der Waals surface area (Å²) in [5, 5.41) is 2.37. The number of rotatable bonds is 5. The molecule has 0 amide bonds. The summed E-state index contributed by atoms with van der Waals surface area (Å²) in [6.45, 7) is 4.75. The Labute approximate surface area is 256 Å². The average molecular weight is 591 g/mol. The van der Waals surface area contributed by atoms with Gasteiger partial charge in [0.15, 0.2) is 0 Å². The van der Waals surface area contributed by atoms with Crippen LogP contribution in [0.4, 0.5) is 0 Å². The zero-order chi connectivity index (χ0) is 30.4. The van der Waals surface area contributed by atoms with Gasteiger partial charge in [0.1, 0.15) is 10.8 Å². The minimum absolute atomic E-state index is 0.0678. The highest BCUT2D eigenvalue weighted by molar-refractivity contribution is 6.04. The highest BCUT2D eigenvalue weighted by Gasteiger charge is 2.65. The van der Waals surface area contributed by atoms with Gasteiger partial charge in [-0.3, -0.25) is 19.4 Å². The van der Waals surface area contributed by atoms with Gasteiger partial charge in [-0.2, -0.15) is 0 Å². The van der Waals surface area contributed by atoms with Crippen molar-refractivity contribution in [2.75, 3.05) is 40.4 Å². The van der Waals surface area contributed by atoms with Crippen LogP contribution in [0.5, 0.6) is 0 Å². The van der Waals surface area contributed by atoms with Crippen LogP contribution in [0.15, 0.2) is 60.9 Å². The molecular weight excluding hydrogens is 552 g/mol. The number of hydrogen-bond donors (Lipinski definition) is 2. The number of fused-ring (bicyclic) bond motifs is 4. The highest BCUT2D eigenvalue weighted by atomic mass is 16.5. The largest absolute Gasteiger partial charge is 0.465 e. The summed E-state index contributed by atoms with van der Waals surface area (Å²) in [7, 11) is 4.14. The van der Waals surface area contributed by atoms with Crippen LogP contribution in [0.25, 0.3) is 33.0 Å². The third kappa shape index (κ3) is 3.52. The maximum absolute atomic E-state index is 14.6. The average Bonchev–Trinajstić information content (AvgIpc) is 3.64. The first kappa shape index (κ1) is 27.4. The molecule has 2 aromatic carbocycles. The highest BCUT2D eigenvalue weighted by Crippen LogP contribution is 2.56. The molecule has 0 saturated carbocycles. The third-order valence-corrected chi connectivity index (χ3v) is 10.7. The maximum atomic E-state index is 14.6. The van der Waals surface area contributed by atoms with Gasteiger partial charge in [0.05, 0.1) is 13.2 Å². The van der Waals surface area contributed by atoms with E-state index in [1.165, 1.54) is 21.9 Å². The second-order valence-electron chi connectivity index (χ2n) is 12.9. The third-order valence-electron chi connectivity index (χ3n) is 10.7. The molecule has 0 fully saturated rings. The predicted molar refractivity (Wildman–Crippen MR) is 171 cm³/mol. The van der Waals surface area contributed by atoms with Crippen LogP contribution in [0, 0.1) is 10.8 Å². The van der Waals surface area contributed by atoms with Crippen molar-refractivity contribution in [3.63, 3.8) is 0 Å². The van der Waals surface area contributed by atoms with Crippen molar-refractivity contribution in [3.8, 4) is 0 Å². The Morgan fingerprint density at radius 3 is 1.59 bits per heavy atom. The topological polar surface area (TPSA) is 90.7 Å². The molecular formula is C36H38N4O4. The standard InChI is InChI=1S/C36H38N4O4/c1-5-43-33(41)35(15-25-23-9-7-11-27-31(23)21(17-37-27)13-29(25)39(3)19-35)36(34(42)44-6-2)16-26-24-10-8-12-28-32(24)22(18-38-28)14-30(26)40(4)20-36/h7-12,15-18,29-30,37-38H,5-6,13-14,19-20H2,1-4H3/t29-,30-,35-,36+/m1/s1. The fourth-order valence-electron chi connectivity index (χ4n) is 8.74. The molecule has 4 aliphatic rings. The molecule has 2 aliphatic heterocycles. The van der Waals surface area contributed by atoms with Crippen LogP contribution in [0.1, 0.15) is 36.1 Å². The summed E-state index contributed by atoms with van der Waals surface area (Å²) in [6.07, 6.45) is 10.1. The van der Waals surface area contributed by atoms with Gasteiger partial charge in [-0.05, 0) is 86.3 Å². The molecule has 4 aromatic rings. The Morgan fingerprint density at radius 1 is 0.750 bits per heavy atom. The first-order valence-corrected chi connectivity index (χ1v) is 15.7. The van der Waals surface area contributed by atoms with E-state index in [-0.39, 0.29) is 25.3 Å². The first-order valence-electron chi connectivity index (χ1n) is 15.7.